The highest BCUT2D eigenvalue weighted by molar-refractivity contribution is 5.81. The number of anilines is 1. The van der Waals surface area contributed by atoms with Gasteiger partial charge in [-0.15, -0.1) is 0 Å². The molecule has 19 heavy (non-hydrogen) atoms. The Balaban J connectivity index is 2.02. The SMILES string of the molecule is CC/C(C=Nc1ccccc1)=C/Nc1ccccc1. The van der Waals surface area contributed by atoms with Gasteiger partial charge in [0, 0.05) is 18.1 Å². The molecule has 2 nitrogen and oxygen atoms in total. The van der Waals surface area contributed by atoms with Gasteiger partial charge in [-0.05, 0) is 36.3 Å². The molecule has 0 amide bonds. The van der Waals surface area contributed by atoms with Crippen LogP contribution < -0.4 is 5.32 Å². The monoisotopic (exact) mass is 250 g/mol. The smallest absolute Gasteiger partial charge is 0.0629 e. The first kappa shape index (κ1) is 13.1. The Morgan fingerprint density at radius 1 is 1.00 bits per heavy atom. The van der Waals surface area contributed by atoms with Crippen LogP contribution in [0.1, 0.15) is 13.3 Å². The summed E-state index contributed by atoms with van der Waals surface area (Å²) in [7, 11) is 0. The van der Waals surface area contributed by atoms with E-state index < -0.39 is 0 Å². The number of para-hydroxylation sites is 2. The molecule has 0 saturated carbocycles. The highest BCUT2D eigenvalue weighted by Crippen LogP contribution is 2.11. The molecule has 0 spiro atoms. The van der Waals surface area contributed by atoms with Crippen LogP contribution in [-0.4, -0.2) is 6.21 Å². The van der Waals surface area contributed by atoms with E-state index in [1.165, 1.54) is 0 Å². The Bertz CT molecular complexity index is 542. The second kappa shape index (κ2) is 7.17. The van der Waals surface area contributed by atoms with E-state index >= 15 is 0 Å². The normalized spacial score (nSPS) is 11.7. The Kier molecular flexibility index (Phi) is 4.94. The number of benzene rings is 2. The molecular weight excluding hydrogens is 232 g/mol. The van der Waals surface area contributed by atoms with Gasteiger partial charge in [-0.25, -0.2) is 0 Å². The van der Waals surface area contributed by atoms with Crippen LogP contribution in [0.5, 0.6) is 0 Å². The molecule has 0 fully saturated rings. The first-order chi connectivity index (χ1) is 9.38. The maximum Gasteiger partial charge on any atom is 0.0629 e. The zero-order valence-corrected chi connectivity index (χ0v) is 11.1. The summed E-state index contributed by atoms with van der Waals surface area (Å²) in [4.78, 5) is 4.46. The Morgan fingerprint density at radius 2 is 1.63 bits per heavy atom. The second-order valence-corrected chi connectivity index (χ2v) is 4.18. The third-order valence-corrected chi connectivity index (χ3v) is 2.74. The summed E-state index contributed by atoms with van der Waals surface area (Å²) in [6, 6.07) is 20.1. The number of allylic oxidation sites excluding steroid dienone is 1. The lowest BCUT2D eigenvalue weighted by Crippen LogP contribution is -1.92. The molecule has 0 aromatic heterocycles. The summed E-state index contributed by atoms with van der Waals surface area (Å²) in [6.07, 6.45) is 4.85. The molecule has 2 aromatic rings. The molecule has 0 aliphatic carbocycles. The molecule has 1 N–H and O–H groups in total. The van der Waals surface area contributed by atoms with Crippen LogP contribution in [0.3, 0.4) is 0 Å². The first-order valence-electron chi connectivity index (χ1n) is 6.48. The minimum absolute atomic E-state index is 0.941. The minimum atomic E-state index is 0.941. The predicted octanol–water partition coefficient (Wildman–Crippen LogP) is 4.79. The molecule has 2 heteroatoms. The number of nitrogens with zero attached hydrogens (tertiary/aromatic N) is 1. The molecule has 2 aromatic carbocycles. The lowest BCUT2D eigenvalue weighted by molar-refractivity contribution is 1.17. The van der Waals surface area contributed by atoms with Crippen LogP contribution in [0.25, 0.3) is 0 Å². The van der Waals surface area contributed by atoms with Crippen molar-refractivity contribution >= 4 is 17.6 Å². The molecule has 0 bridgehead atoms. The quantitative estimate of drug-likeness (QED) is 0.758. The summed E-state index contributed by atoms with van der Waals surface area (Å²) in [5.41, 5.74) is 3.22. The van der Waals surface area contributed by atoms with Crippen molar-refractivity contribution in [3.05, 3.63) is 72.4 Å². The number of aliphatic imine (C=N–C) groups is 1. The molecule has 0 aliphatic heterocycles. The van der Waals surface area contributed by atoms with Crippen molar-refractivity contribution in [1.82, 2.24) is 0 Å². The molecule has 0 atom stereocenters. The largest absolute Gasteiger partial charge is 0.361 e. The van der Waals surface area contributed by atoms with Gasteiger partial charge in [-0.3, -0.25) is 4.99 Å². The Labute approximate surface area is 114 Å². The van der Waals surface area contributed by atoms with E-state index in [1.807, 2.05) is 73.1 Å². The molecule has 0 unspecified atom stereocenters. The summed E-state index contributed by atoms with van der Waals surface area (Å²) in [5, 5.41) is 3.28. The van der Waals surface area contributed by atoms with Crippen molar-refractivity contribution in [2.75, 3.05) is 5.32 Å². The number of hydrogen-bond acceptors (Lipinski definition) is 2. The maximum atomic E-state index is 4.46. The first-order valence-corrected chi connectivity index (χ1v) is 6.48. The molecule has 0 radical (unpaired) electrons. The highest BCUT2D eigenvalue weighted by atomic mass is 14.8. The van der Waals surface area contributed by atoms with E-state index in [2.05, 4.69) is 17.2 Å². The molecule has 0 aliphatic rings. The summed E-state index contributed by atoms with van der Waals surface area (Å²) in [5.74, 6) is 0. The van der Waals surface area contributed by atoms with Gasteiger partial charge < -0.3 is 5.32 Å². The zero-order chi connectivity index (χ0) is 13.3. The zero-order valence-electron chi connectivity index (χ0n) is 11.1. The van der Waals surface area contributed by atoms with E-state index in [-0.39, 0.29) is 0 Å². The van der Waals surface area contributed by atoms with E-state index in [1.54, 1.807) is 0 Å². The standard InChI is InChI=1S/C17H18N2/c1-2-15(13-18-16-9-5-3-6-10-16)14-19-17-11-7-4-8-12-17/h3-14,18H,2H2,1H3/b15-13-,19-14?. The van der Waals surface area contributed by atoms with Crippen molar-refractivity contribution in [2.24, 2.45) is 4.99 Å². The molecule has 0 heterocycles. The van der Waals surface area contributed by atoms with Crippen molar-refractivity contribution in [3.63, 3.8) is 0 Å². The van der Waals surface area contributed by atoms with Crippen LogP contribution in [0, 0.1) is 0 Å². The van der Waals surface area contributed by atoms with Crippen LogP contribution in [-0.2, 0) is 0 Å². The van der Waals surface area contributed by atoms with Crippen molar-refractivity contribution in [3.8, 4) is 0 Å². The van der Waals surface area contributed by atoms with E-state index in [0.29, 0.717) is 0 Å². The molecule has 96 valence electrons. The van der Waals surface area contributed by atoms with Gasteiger partial charge in [-0.2, -0.15) is 0 Å². The fourth-order valence-electron chi connectivity index (χ4n) is 1.61. The lowest BCUT2D eigenvalue weighted by Gasteiger charge is -2.02. The summed E-state index contributed by atoms with van der Waals surface area (Å²) < 4.78 is 0. The van der Waals surface area contributed by atoms with Gasteiger partial charge in [0.25, 0.3) is 0 Å². The lowest BCUT2D eigenvalue weighted by atomic mass is 10.2. The van der Waals surface area contributed by atoms with Gasteiger partial charge in [0.15, 0.2) is 0 Å². The molecule has 0 saturated heterocycles. The van der Waals surface area contributed by atoms with Gasteiger partial charge in [0.2, 0.25) is 0 Å². The van der Waals surface area contributed by atoms with Crippen LogP contribution in [0.4, 0.5) is 11.4 Å². The van der Waals surface area contributed by atoms with Crippen LogP contribution in [0.15, 0.2) is 77.4 Å². The third-order valence-electron chi connectivity index (χ3n) is 2.74. The van der Waals surface area contributed by atoms with Crippen molar-refractivity contribution in [1.29, 1.82) is 0 Å². The average Bonchev–Trinajstić information content (AvgIpc) is 2.49. The van der Waals surface area contributed by atoms with Crippen LogP contribution in [0.2, 0.25) is 0 Å². The third kappa shape index (κ3) is 4.43. The predicted molar refractivity (Wildman–Crippen MR) is 83.0 cm³/mol. The van der Waals surface area contributed by atoms with Gasteiger partial charge in [0.1, 0.15) is 0 Å². The topological polar surface area (TPSA) is 24.4 Å². The van der Waals surface area contributed by atoms with Gasteiger partial charge >= 0.3 is 0 Å². The molecular formula is C17H18N2. The Hall–Kier alpha value is -2.35. The minimum Gasteiger partial charge on any atom is -0.361 e. The highest BCUT2D eigenvalue weighted by Gasteiger charge is 1.91. The number of hydrogen-bond donors (Lipinski definition) is 1. The van der Waals surface area contributed by atoms with Crippen molar-refractivity contribution < 1.29 is 0 Å². The second-order valence-electron chi connectivity index (χ2n) is 4.18. The van der Waals surface area contributed by atoms with E-state index in [4.69, 9.17) is 0 Å². The maximum absolute atomic E-state index is 4.46. The van der Waals surface area contributed by atoms with E-state index in [9.17, 15) is 0 Å². The fourth-order valence-corrected chi connectivity index (χ4v) is 1.61. The number of nitrogens with one attached hydrogen (secondary N) is 1. The van der Waals surface area contributed by atoms with Crippen LogP contribution >= 0.6 is 0 Å². The Morgan fingerprint density at radius 3 is 2.26 bits per heavy atom. The summed E-state index contributed by atoms with van der Waals surface area (Å²) in [6.45, 7) is 2.12. The van der Waals surface area contributed by atoms with Gasteiger partial charge in [0.05, 0.1) is 5.69 Å². The van der Waals surface area contributed by atoms with Gasteiger partial charge in [-0.1, -0.05) is 43.3 Å². The van der Waals surface area contributed by atoms with Crippen molar-refractivity contribution in [2.45, 2.75) is 13.3 Å². The number of rotatable bonds is 5. The average molecular weight is 250 g/mol. The van der Waals surface area contributed by atoms with E-state index in [0.717, 1.165) is 23.4 Å². The summed E-state index contributed by atoms with van der Waals surface area (Å²) >= 11 is 0. The molecule has 2 rings (SSSR count). The fraction of sp³-hybridized carbons (Fsp3) is 0.118.